The fourth-order valence-electron chi connectivity index (χ4n) is 1.96. The van der Waals surface area contributed by atoms with Crippen molar-refractivity contribution in [3.8, 4) is 0 Å². The van der Waals surface area contributed by atoms with Gasteiger partial charge < -0.3 is 15.2 Å². The Morgan fingerprint density at radius 3 is 2.84 bits per heavy atom. The maximum atomic E-state index is 13.2. The van der Waals surface area contributed by atoms with Gasteiger partial charge in [0.25, 0.3) is 0 Å². The van der Waals surface area contributed by atoms with Crippen LogP contribution in [0.25, 0.3) is 0 Å². The smallest absolute Gasteiger partial charge is 0.338 e. The molecule has 0 aromatic heterocycles. The molecule has 1 aromatic rings. The van der Waals surface area contributed by atoms with Crippen LogP contribution in [0.1, 0.15) is 23.2 Å². The average molecular weight is 267 g/mol. The molecule has 1 aliphatic rings. The molecule has 2 N–H and O–H groups in total. The number of aromatic carboxylic acids is 1. The lowest BCUT2D eigenvalue weighted by atomic mass is 10.0. The zero-order valence-electron chi connectivity index (χ0n) is 10.2. The third kappa shape index (κ3) is 3.29. The van der Waals surface area contributed by atoms with Gasteiger partial charge in [0.2, 0.25) is 5.91 Å². The molecule has 1 fully saturated rings. The highest BCUT2D eigenvalue weighted by Crippen LogP contribution is 2.19. The predicted molar refractivity (Wildman–Crippen MR) is 65.5 cm³/mol. The number of carboxylic acids is 1. The molecular formula is C13H14FNO4. The molecule has 0 bridgehead atoms. The van der Waals surface area contributed by atoms with Gasteiger partial charge in [0.15, 0.2) is 0 Å². The fraction of sp³-hybridized carbons (Fsp3) is 0.385. The Labute approximate surface area is 109 Å². The van der Waals surface area contributed by atoms with E-state index < -0.39 is 17.3 Å². The van der Waals surface area contributed by atoms with E-state index in [-0.39, 0.29) is 17.5 Å². The van der Waals surface area contributed by atoms with E-state index in [9.17, 15) is 14.0 Å². The number of carbonyl (C=O) groups excluding carboxylic acids is 1. The van der Waals surface area contributed by atoms with Crippen LogP contribution in [0.2, 0.25) is 0 Å². The Bertz CT molecular complexity index is 497. The second-order valence-corrected chi connectivity index (χ2v) is 4.40. The minimum absolute atomic E-state index is 0.234. The number of carboxylic acid groups (broad SMARTS) is 1. The van der Waals surface area contributed by atoms with Gasteiger partial charge in [-0.25, -0.2) is 9.18 Å². The number of amides is 1. The number of anilines is 1. The molecule has 2 rings (SSSR count). The van der Waals surface area contributed by atoms with E-state index in [0.29, 0.717) is 13.2 Å². The molecule has 0 saturated carbocycles. The first-order chi connectivity index (χ1) is 9.08. The van der Waals surface area contributed by atoms with Gasteiger partial charge in [0.1, 0.15) is 5.82 Å². The Morgan fingerprint density at radius 2 is 2.21 bits per heavy atom. The largest absolute Gasteiger partial charge is 0.478 e. The number of rotatable bonds is 3. The minimum Gasteiger partial charge on any atom is -0.478 e. The zero-order chi connectivity index (χ0) is 13.8. The highest BCUT2D eigenvalue weighted by atomic mass is 19.1. The first-order valence-electron chi connectivity index (χ1n) is 5.99. The van der Waals surface area contributed by atoms with E-state index in [1.807, 2.05) is 0 Å². The van der Waals surface area contributed by atoms with E-state index in [1.165, 1.54) is 6.07 Å². The number of carbonyl (C=O) groups is 2. The Hall–Kier alpha value is -1.95. The first-order valence-corrected chi connectivity index (χ1v) is 5.99. The SMILES string of the molecule is O=C(O)c1cc(NC(=O)C2CCCOC2)ccc1F. The van der Waals surface area contributed by atoms with Gasteiger partial charge in [-0.3, -0.25) is 4.79 Å². The summed E-state index contributed by atoms with van der Waals surface area (Å²) < 4.78 is 18.4. The summed E-state index contributed by atoms with van der Waals surface area (Å²) in [6.07, 6.45) is 1.56. The van der Waals surface area contributed by atoms with Crippen molar-refractivity contribution in [1.29, 1.82) is 0 Å². The summed E-state index contributed by atoms with van der Waals surface area (Å²) in [5, 5.41) is 11.4. The molecule has 0 spiro atoms. The number of hydrogen-bond donors (Lipinski definition) is 2. The molecule has 5 nitrogen and oxygen atoms in total. The molecule has 1 heterocycles. The summed E-state index contributed by atoms with van der Waals surface area (Å²) in [5.74, 6) is -2.67. The van der Waals surface area contributed by atoms with Crippen LogP contribution in [-0.2, 0) is 9.53 Å². The number of hydrogen-bond acceptors (Lipinski definition) is 3. The highest BCUT2D eigenvalue weighted by Gasteiger charge is 2.22. The lowest BCUT2D eigenvalue weighted by Crippen LogP contribution is -2.30. The summed E-state index contributed by atoms with van der Waals surface area (Å²) in [6.45, 7) is 1.02. The van der Waals surface area contributed by atoms with E-state index >= 15 is 0 Å². The van der Waals surface area contributed by atoms with Gasteiger partial charge in [0, 0.05) is 12.3 Å². The van der Waals surface area contributed by atoms with Crippen LogP contribution >= 0.6 is 0 Å². The van der Waals surface area contributed by atoms with Crippen LogP contribution in [0.15, 0.2) is 18.2 Å². The number of nitrogens with one attached hydrogen (secondary N) is 1. The van der Waals surface area contributed by atoms with Crippen molar-refractivity contribution in [2.45, 2.75) is 12.8 Å². The molecule has 1 amide bonds. The van der Waals surface area contributed by atoms with Gasteiger partial charge >= 0.3 is 5.97 Å². The summed E-state index contributed by atoms with van der Waals surface area (Å²) >= 11 is 0. The fourth-order valence-corrected chi connectivity index (χ4v) is 1.96. The topological polar surface area (TPSA) is 75.6 Å². The van der Waals surface area contributed by atoms with Crippen molar-refractivity contribution in [2.24, 2.45) is 5.92 Å². The Kier molecular flexibility index (Phi) is 4.11. The molecule has 19 heavy (non-hydrogen) atoms. The lowest BCUT2D eigenvalue weighted by Gasteiger charge is -2.21. The number of benzene rings is 1. The van der Waals surface area contributed by atoms with Crippen LogP contribution < -0.4 is 5.32 Å². The van der Waals surface area contributed by atoms with Crippen LogP contribution in [-0.4, -0.2) is 30.2 Å². The van der Waals surface area contributed by atoms with Gasteiger partial charge in [-0.15, -0.1) is 0 Å². The molecule has 1 aliphatic heterocycles. The Balaban J connectivity index is 2.08. The predicted octanol–water partition coefficient (Wildman–Crippen LogP) is 1.89. The van der Waals surface area contributed by atoms with E-state index in [2.05, 4.69) is 5.32 Å². The van der Waals surface area contributed by atoms with Gasteiger partial charge in [0.05, 0.1) is 18.1 Å². The van der Waals surface area contributed by atoms with Crippen molar-refractivity contribution < 1.29 is 23.8 Å². The van der Waals surface area contributed by atoms with E-state index in [1.54, 1.807) is 0 Å². The number of halogens is 1. The van der Waals surface area contributed by atoms with Crippen molar-refractivity contribution in [3.63, 3.8) is 0 Å². The standard InChI is InChI=1S/C13H14FNO4/c14-11-4-3-9(6-10(11)13(17)18)15-12(16)8-2-1-5-19-7-8/h3-4,6,8H,1-2,5,7H2,(H,15,16)(H,17,18). The molecule has 1 atom stereocenters. The number of ether oxygens (including phenoxy) is 1. The minimum atomic E-state index is -1.37. The van der Waals surface area contributed by atoms with E-state index in [4.69, 9.17) is 9.84 Å². The molecule has 1 aromatic carbocycles. The quantitative estimate of drug-likeness (QED) is 0.876. The van der Waals surface area contributed by atoms with Gasteiger partial charge in [-0.05, 0) is 31.0 Å². The monoisotopic (exact) mass is 267 g/mol. The van der Waals surface area contributed by atoms with Gasteiger partial charge in [-0.2, -0.15) is 0 Å². The zero-order valence-corrected chi connectivity index (χ0v) is 10.2. The third-order valence-electron chi connectivity index (χ3n) is 3.00. The maximum absolute atomic E-state index is 13.2. The molecule has 1 saturated heterocycles. The summed E-state index contributed by atoms with van der Waals surface area (Å²) in [5.41, 5.74) is -0.188. The Morgan fingerprint density at radius 1 is 1.42 bits per heavy atom. The second kappa shape index (κ2) is 5.79. The summed E-state index contributed by atoms with van der Waals surface area (Å²) in [7, 11) is 0. The average Bonchev–Trinajstić information content (AvgIpc) is 2.41. The van der Waals surface area contributed by atoms with Crippen LogP contribution in [0.3, 0.4) is 0 Å². The molecule has 0 radical (unpaired) electrons. The molecule has 6 heteroatoms. The van der Waals surface area contributed by atoms with Crippen LogP contribution in [0, 0.1) is 11.7 Å². The van der Waals surface area contributed by atoms with Crippen LogP contribution in [0.5, 0.6) is 0 Å². The third-order valence-corrected chi connectivity index (χ3v) is 3.00. The highest BCUT2D eigenvalue weighted by molar-refractivity contribution is 5.95. The normalized spacial score (nSPS) is 18.9. The lowest BCUT2D eigenvalue weighted by molar-refractivity contribution is -0.123. The summed E-state index contributed by atoms with van der Waals surface area (Å²) in [4.78, 5) is 22.7. The molecule has 0 aliphatic carbocycles. The van der Waals surface area contributed by atoms with Crippen LogP contribution in [0.4, 0.5) is 10.1 Å². The van der Waals surface area contributed by atoms with Crippen molar-refractivity contribution in [2.75, 3.05) is 18.5 Å². The molecule has 1 unspecified atom stereocenters. The van der Waals surface area contributed by atoms with Crippen molar-refractivity contribution in [1.82, 2.24) is 0 Å². The van der Waals surface area contributed by atoms with Gasteiger partial charge in [-0.1, -0.05) is 0 Å². The molecule has 102 valence electrons. The maximum Gasteiger partial charge on any atom is 0.338 e. The van der Waals surface area contributed by atoms with Crippen molar-refractivity contribution in [3.05, 3.63) is 29.6 Å². The summed E-state index contributed by atoms with van der Waals surface area (Å²) in [6, 6.07) is 3.47. The van der Waals surface area contributed by atoms with Crippen molar-refractivity contribution >= 4 is 17.6 Å². The molecular weight excluding hydrogens is 253 g/mol. The second-order valence-electron chi connectivity index (χ2n) is 4.40. The first kappa shape index (κ1) is 13.5. The van der Waals surface area contributed by atoms with E-state index in [0.717, 1.165) is 25.0 Å².